The molecule has 2 N–H and O–H groups in total. The summed E-state index contributed by atoms with van der Waals surface area (Å²) < 4.78 is 5.12. The van der Waals surface area contributed by atoms with Crippen LogP contribution in [0.2, 0.25) is 5.02 Å². The average Bonchev–Trinajstić information content (AvgIpc) is 2.70. The number of aromatic nitrogens is 2. The van der Waals surface area contributed by atoms with Crippen LogP contribution in [0.5, 0.6) is 5.75 Å². The molecule has 3 rings (SSSR count). The molecule has 6 nitrogen and oxygen atoms in total. The van der Waals surface area contributed by atoms with Crippen LogP contribution in [0.1, 0.15) is 11.1 Å². The number of H-pyrrole nitrogens is 1. The van der Waals surface area contributed by atoms with Crippen LogP contribution in [0.25, 0.3) is 11.4 Å². The van der Waals surface area contributed by atoms with E-state index in [1.54, 1.807) is 31.4 Å². The second-order valence-corrected chi connectivity index (χ2v) is 6.65. The van der Waals surface area contributed by atoms with Crippen LogP contribution in [0, 0.1) is 0 Å². The van der Waals surface area contributed by atoms with Crippen molar-refractivity contribution in [1.82, 2.24) is 15.3 Å². The van der Waals surface area contributed by atoms with Crippen molar-refractivity contribution in [3.05, 3.63) is 81.2 Å². The maximum atomic E-state index is 12.3. The molecule has 2 aromatic carbocycles. The van der Waals surface area contributed by atoms with Crippen LogP contribution < -0.4 is 15.6 Å². The van der Waals surface area contributed by atoms with Crippen molar-refractivity contribution in [2.75, 3.05) is 13.7 Å². The molecule has 0 unspecified atom stereocenters. The fraction of sp³-hybridized carbons (Fsp3) is 0.190. The van der Waals surface area contributed by atoms with Gasteiger partial charge in [-0.1, -0.05) is 23.7 Å². The van der Waals surface area contributed by atoms with E-state index in [2.05, 4.69) is 15.3 Å². The lowest BCUT2D eigenvalue weighted by Crippen LogP contribution is -2.29. The Morgan fingerprint density at radius 2 is 1.86 bits per heavy atom. The Balaban J connectivity index is 1.54. The summed E-state index contributed by atoms with van der Waals surface area (Å²) in [5.74, 6) is 1.01. The zero-order valence-electron chi connectivity index (χ0n) is 15.4. The number of methoxy groups -OCH3 is 1. The van der Waals surface area contributed by atoms with Gasteiger partial charge in [-0.15, -0.1) is 0 Å². The van der Waals surface area contributed by atoms with E-state index in [1.807, 2.05) is 24.3 Å². The molecular formula is C21H20ClN3O3. The van der Waals surface area contributed by atoms with E-state index in [-0.39, 0.29) is 17.9 Å². The van der Waals surface area contributed by atoms with Gasteiger partial charge in [0.25, 0.3) is 5.56 Å². The van der Waals surface area contributed by atoms with E-state index in [4.69, 9.17) is 16.3 Å². The summed E-state index contributed by atoms with van der Waals surface area (Å²) in [6.45, 7) is 0.485. The maximum absolute atomic E-state index is 12.3. The van der Waals surface area contributed by atoms with Crippen LogP contribution in [0.3, 0.4) is 0 Å². The molecule has 0 fully saturated rings. The first kappa shape index (κ1) is 19.6. The molecule has 0 atom stereocenters. The highest BCUT2D eigenvalue weighted by atomic mass is 35.5. The number of hydrogen-bond donors (Lipinski definition) is 2. The van der Waals surface area contributed by atoms with Gasteiger partial charge >= 0.3 is 0 Å². The third-order valence-corrected chi connectivity index (χ3v) is 4.49. The summed E-state index contributed by atoms with van der Waals surface area (Å²) in [7, 11) is 1.62. The Morgan fingerprint density at radius 3 is 2.50 bits per heavy atom. The van der Waals surface area contributed by atoms with Gasteiger partial charge in [0.15, 0.2) is 0 Å². The van der Waals surface area contributed by atoms with E-state index in [0.717, 1.165) is 16.9 Å². The summed E-state index contributed by atoms with van der Waals surface area (Å²) in [6.07, 6.45) is 2.11. The van der Waals surface area contributed by atoms with E-state index in [0.29, 0.717) is 29.4 Å². The molecule has 0 aliphatic heterocycles. The Labute approximate surface area is 167 Å². The normalized spacial score (nSPS) is 10.5. The fourth-order valence-corrected chi connectivity index (χ4v) is 2.80. The van der Waals surface area contributed by atoms with Crippen LogP contribution in [-0.4, -0.2) is 29.5 Å². The summed E-state index contributed by atoms with van der Waals surface area (Å²) in [5.41, 5.74) is 1.83. The second-order valence-electron chi connectivity index (χ2n) is 6.22. The first-order valence-electron chi connectivity index (χ1n) is 8.79. The average molecular weight is 398 g/mol. The number of carbonyl (C=O) groups is 1. The molecule has 0 radical (unpaired) electrons. The van der Waals surface area contributed by atoms with Gasteiger partial charge in [0.05, 0.1) is 13.5 Å². The molecule has 7 heteroatoms. The lowest BCUT2D eigenvalue weighted by Gasteiger charge is -2.07. The van der Waals surface area contributed by atoms with Gasteiger partial charge in [-0.3, -0.25) is 9.59 Å². The lowest BCUT2D eigenvalue weighted by atomic mass is 10.1. The van der Waals surface area contributed by atoms with Crippen molar-refractivity contribution >= 4 is 17.5 Å². The standard InChI is InChI=1S/C21H20ClN3O3/c1-28-18-8-2-14(3-9-18)10-11-23-19(26)12-16-13-24-20(25-21(16)27)15-4-6-17(22)7-5-15/h2-9,13H,10-12H2,1H3,(H,23,26)(H,24,25,27). The summed E-state index contributed by atoms with van der Waals surface area (Å²) >= 11 is 5.86. The Kier molecular flexibility index (Phi) is 6.45. The molecule has 3 aromatic rings. The zero-order valence-corrected chi connectivity index (χ0v) is 16.1. The van der Waals surface area contributed by atoms with E-state index >= 15 is 0 Å². The Bertz CT molecular complexity index is 999. The molecule has 0 saturated carbocycles. The molecule has 0 aliphatic rings. The number of nitrogens with zero attached hydrogens (tertiary/aromatic N) is 1. The smallest absolute Gasteiger partial charge is 0.254 e. The van der Waals surface area contributed by atoms with Crippen molar-refractivity contribution in [2.45, 2.75) is 12.8 Å². The minimum absolute atomic E-state index is 0.0220. The molecule has 1 aromatic heterocycles. The highest BCUT2D eigenvalue weighted by Crippen LogP contribution is 2.17. The zero-order chi connectivity index (χ0) is 19.9. The summed E-state index contributed by atoms with van der Waals surface area (Å²) in [6, 6.07) is 14.7. The van der Waals surface area contributed by atoms with Gasteiger partial charge in [-0.05, 0) is 48.4 Å². The highest BCUT2D eigenvalue weighted by Gasteiger charge is 2.09. The van der Waals surface area contributed by atoms with Gasteiger partial charge in [-0.2, -0.15) is 0 Å². The number of ether oxygens (including phenoxy) is 1. The number of halogens is 1. The maximum Gasteiger partial charge on any atom is 0.254 e. The van der Waals surface area contributed by atoms with Crippen LogP contribution in [0.4, 0.5) is 0 Å². The fourth-order valence-electron chi connectivity index (χ4n) is 2.68. The molecule has 1 heterocycles. The van der Waals surface area contributed by atoms with Gasteiger partial charge in [-0.25, -0.2) is 4.98 Å². The van der Waals surface area contributed by atoms with Crippen molar-refractivity contribution in [2.24, 2.45) is 0 Å². The molecule has 1 amide bonds. The molecule has 0 saturated heterocycles. The summed E-state index contributed by atoms with van der Waals surface area (Å²) in [4.78, 5) is 31.3. The number of aromatic amines is 1. The monoisotopic (exact) mass is 397 g/mol. The third kappa shape index (κ3) is 5.20. The molecule has 0 spiro atoms. The van der Waals surface area contributed by atoms with Crippen molar-refractivity contribution in [1.29, 1.82) is 0 Å². The second kappa shape index (κ2) is 9.19. The van der Waals surface area contributed by atoms with E-state index in [9.17, 15) is 9.59 Å². The number of nitrogens with one attached hydrogen (secondary N) is 2. The van der Waals surface area contributed by atoms with Crippen LogP contribution in [-0.2, 0) is 17.6 Å². The highest BCUT2D eigenvalue weighted by molar-refractivity contribution is 6.30. The first-order chi connectivity index (χ1) is 13.5. The SMILES string of the molecule is COc1ccc(CCNC(=O)Cc2cnc(-c3ccc(Cl)cc3)[nH]c2=O)cc1. The first-order valence-corrected chi connectivity index (χ1v) is 9.16. The molecular weight excluding hydrogens is 378 g/mol. The number of hydrogen-bond acceptors (Lipinski definition) is 4. The molecule has 0 aliphatic carbocycles. The Morgan fingerprint density at radius 1 is 1.14 bits per heavy atom. The van der Waals surface area contributed by atoms with Gasteiger partial charge in [0.2, 0.25) is 5.91 Å². The third-order valence-electron chi connectivity index (χ3n) is 4.24. The summed E-state index contributed by atoms with van der Waals surface area (Å²) in [5, 5.41) is 3.43. The molecule has 28 heavy (non-hydrogen) atoms. The largest absolute Gasteiger partial charge is 0.497 e. The predicted molar refractivity (Wildman–Crippen MR) is 109 cm³/mol. The van der Waals surface area contributed by atoms with Crippen LogP contribution >= 0.6 is 11.6 Å². The van der Waals surface area contributed by atoms with Crippen molar-refractivity contribution < 1.29 is 9.53 Å². The number of carbonyl (C=O) groups excluding carboxylic acids is 1. The van der Waals surface area contributed by atoms with Crippen molar-refractivity contribution in [3.8, 4) is 17.1 Å². The number of amides is 1. The van der Waals surface area contributed by atoms with E-state index < -0.39 is 0 Å². The van der Waals surface area contributed by atoms with Gasteiger partial charge in [0, 0.05) is 28.9 Å². The van der Waals surface area contributed by atoms with E-state index in [1.165, 1.54) is 6.20 Å². The predicted octanol–water partition coefficient (Wildman–Crippen LogP) is 3.00. The van der Waals surface area contributed by atoms with Gasteiger partial charge < -0.3 is 15.0 Å². The quantitative estimate of drug-likeness (QED) is 0.642. The lowest BCUT2D eigenvalue weighted by molar-refractivity contribution is -0.120. The van der Waals surface area contributed by atoms with Gasteiger partial charge in [0.1, 0.15) is 11.6 Å². The number of rotatable bonds is 7. The molecule has 0 bridgehead atoms. The Hall–Kier alpha value is -3.12. The minimum Gasteiger partial charge on any atom is -0.497 e. The molecule has 144 valence electrons. The number of benzene rings is 2. The minimum atomic E-state index is -0.328. The topological polar surface area (TPSA) is 84.1 Å². The van der Waals surface area contributed by atoms with Crippen molar-refractivity contribution in [3.63, 3.8) is 0 Å². The van der Waals surface area contributed by atoms with Crippen LogP contribution in [0.15, 0.2) is 59.5 Å².